The number of non-ortho nitro benzene ring substituents is 1. The van der Waals surface area contributed by atoms with Gasteiger partial charge in [0.2, 0.25) is 0 Å². The molecule has 0 spiro atoms. The number of nitrogens with zero attached hydrogens (tertiary/aromatic N) is 2. The van der Waals surface area contributed by atoms with Crippen LogP contribution in [0.3, 0.4) is 0 Å². The molecule has 0 aromatic heterocycles. The molecule has 1 N–H and O–H groups in total. The molecule has 126 valence electrons. The van der Waals surface area contributed by atoms with Gasteiger partial charge in [0.15, 0.2) is 0 Å². The average molecular weight is 449 g/mol. The van der Waals surface area contributed by atoms with Crippen molar-refractivity contribution >= 4 is 46.3 Å². The van der Waals surface area contributed by atoms with Gasteiger partial charge in [-0.05, 0) is 51.9 Å². The first-order valence-electron chi connectivity index (χ1n) is 7.27. The van der Waals surface area contributed by atoms with Gasteiger partial charge in [-0.25, -0.2) is 4.79 Å². The zero-order valence-electron chi connectivity index (χ0n) is 12.8. The molecule has 2 aromatic carbocycles. The highest BCUT2D eigenvalue weighted by molar-refractivity contribution is 14.1. The van der Waals surface area contributed by atoms with E-state index in [1.165, 1.54) is 24.3 Å². The minimum Gasteiger partial charge on any atom is -0.303 e. The van der Waals surface area contributed by atoms with Gasteiger partial charge in [0.25, 0.3) is 11.6 Å². The number of nitrogens with one attached hydrogen (secondary N) is 1. The molecule has 0 unspecified atom stereocenters. The summed E-state index contributed by atoms with van der Waals surface area (Å²) in [4.78, 5) is 35.7. The second kappa shape index (κ2) is 7.01. The van der Waals surface area contributed by atoms with Crippen molar-refractivity contribution in [3.05, 3.63) is 79.0 Å². The van der Waals surface area contributed by atoms with Crippen LogP contribution < -0.4 is 5.32 Å². The average Bonchev–Trinajstić information content (AvgIpc) is 2.85. The molecular weight excluding hydrogens is 437 g/mol. The minimum atomic E-state index is -0.514. The lowest BCUT2D eigenvalue weighted by Gasteiger charge is -2.11. The van der Waals surface area contributed by atoms with E-state index in [0.29, 0.717) is 5.56 Å². The number of amides is 3. The summed E-state index contributed by atoms with van der Waals surface area (Å²) in [5.41, 5.74) is 1.60. The Morgan fingerprint density at radius 2 is 1.72 bits per heavy atom. The van der Waals surface area contributed by atoms with Crippen LogP contribution in [0.4, 0.5) is 10.5 Å². The topological polar surface area (TPSA) is 92.6 Å². The standard InChI is InChI=1S/C17H12IN3O4/c18-13-5-1-11(2-6-13)9-15-16(22)20(17(23)19-15)10-12-3-7-14(8-4-12)21(24)25/h1-9H,10H2,(H,19,23)/b15-9+. The Bertz CT molecular complexity index is 876. The normalized spacial score (nSPS) is 15.6. The van der Waals surface area contributed by atoms with E-state index in [4.69, 9.17) is 0 Å². The highest BCUT2D eigenvalue weighted by Gasteiger charge is 2.33. The summed E-state index contributed by atoms with van der Waals surface area (Å²) < 4.78 is 1.07. The first-order valence-corrected chi connectivity index (χ1v) is 8.35. The highest BCUT2D eigenvalue weighted by Crippen LogP contribution is 2.19. The number of hydrogen-bond donors (Lipinski definition) is 1. The summed E-state index contributed by atoms with van der Waals surface area (Å²) in [6.07, 6.45) is 1.62. The number of nitro groups is 1. The number of benzene rings is 2. The monoisotopic (exact) mass is 449 g/mol. The number of rotatable bonds is 4. The molecule has 3 rings (SSSR count). The van der Waals surface area contributed by atoms with Crippen molar-refractivity contribution in [2.24, 2.45) is 0 Å². The maximum Gasteiger partial charge on any atom is 0.329 e. The van der Waals surface area contributed by atoms with Crippen LogP contribution in [-0.2, 0) is 11.3 Å². The lowest BCUT2D eigenvalue weighted by Crippen LogP contribution is -2.30. The van der Waals surface area contributed by atoms with Crippen LogP contribution in [0.2, 0.25) is 0 Å². The van der Waals surface area contributed by atoms with E-state index < -0.39 is 16.9 Å². The third-order valence-electron chi connectivity index (χ3n) is 3.63. The molecule has 1 fully saturated rings. The molecule has 7 nitrogen and oxygen atoms in total. The van der Waals surface area contributed by atoms with E-state index in [1.807, 2.05) is 24.3 Å². The van der Waals surface area contributed by atoms with Crippen molar-refractivity contribution < 1.29 is 14.5 Å². The first kappa shape index (κ1) is 17.1. The SMILES string of the molecule is O=C1N/C(=C/c2ccc(I)cc2)C(=O)N1Cc1ccc([N+](=O)[O-])cc1. The van der Waals surface area contributed by atoms with E-state index in [0.717, 1.165) is 14.0 Å². The van der Waals surface area contributed by atoms with Gasteiger partial charge in [0.05, 0.1) is 11.5 Å². The number of carbonyl (C=O) groups is 2. The van der Waals surface area contributed by atoms with E-state index in [9.17, 15) is 19.7 Å². The molecule has 1 heterocycles. The van der Waals surface area contributed by atoms with Crippen LogP contribution in [-0.4, -0.2) is 21.8 Å². The molecule has 1 aliphatic heterocycles. The van der Waals surface area contributed by atoms with Gasteiger partial charge in [-0.1, -0.05) is 24.3 Å². The lowest BCUT2D eigenvalue weighted by atomic mass is 10.2. The lowest BCUT2D eigenvalue weighted by molar-refractivity contribution is -0.384. The Hall–Kier alpha value is -2.75. The molecule has 2 aromatic rings. The maximum atomic E-state index is 12.4. The molecule has 3 amide bonds. The van der Waals surface area contributed by atoms with Gasteiger partial charge in [-0.2, -0.15) is 0 Å². The third-order valence-corrected chi connectivity index (χ3v) is 4.35. The number of urea groups is 1. The van der Waals surface area contributed by atoms with Crippen LogP contribution in [0.25, 0.3) is 6.08 Å². The third kappa shape index (κ3) is 3.85. The van der Waals surface area contributed by atoms with Gasteiger partial charge in [0, 0.05) is 15.7 Å². The van der Waals surface area contributed by atoms with Crippen molar-refractivity contribution in [3.63, 3.8) is 0 Å². The summed E-state index contributed by atoms with van der Waals surface area (Å²) in [5, 5.41) is 13.2. The minimum absolute atomic E-state index is 0.0414. The van der Waals surface area contributed by atoms with E-state index >= 15 is 0 Å². The summed E-state index contributed by atoms with van der Waals surface area (Å²) in [5.74, 6) is -0.429. The molecule has 25 heavy (non-hydrogen) atoms. The Morgan fingerprint density at radius 3 is 2.32 bits per heavy atom. The predicted octanol–water partition coefficient (Wildman–Crippen LogP) is 3.29. The van der Waals surface area contributed by atoms with Crippen molar-refractivity contribution in [2.45, 2.75) is 6.54 Å². The molecule has 0 atom stereocenters. The Balaban J connectivity index is 1.77. The van der Waals surface area contributed by atoms with E-state index in [2.05, 4.69) is 27.9 Å². The van der Waals surface area contributed by atoms with Crippen molar-refractivity contribution in [2.75, 3.05) is 0 Å². The fourth-order valence-corrected chi connectivity index (χ4v) is 2.71. The van der Waals surface area contributed by atoms with Crippen LogP contribution in [0.5, 0.6) is 0 Å². The number of carbonyl (C=O) groups excluding carboxylic acids is 2. The second-order valence-electron chi connectivity index (χ2n) is 5.35. The van der Waals surface area contributed by atoms with E-state index in [1.54, 1.807) is 6.08 Å². The van der Waals surface area contributed by atoms with Crippen LogP contribution in [0.1, 0.15) is 11.1 Å². The molecule has 8 heteroatoms. The molecule has 0 bridgehead atoms. The van der Waals surface area contributed by atoms with Gasteiger partial charge in [-0.3, -0.25) is 19.8 Å². The smallest absolute Gasteiger partial charge is 0.303 e. The number of nitro benzene ring substituents is 1. The fourth-order valence-electron chi connectivity index (χ4n) is 2.35. The van der Waals surface area contributed by atoms with Crippen LogP contribution in [0, 0.1) is 13.7 Å². The quantitative estimate of drug-likeness (QED) is 0.255. The van der Waals surface area contributed by atoms with Crippen LogP contribution >= 0.6 is 22.6 Å². The van der Waals surface area contributed by atoms with Gasteiger partial charge < -0.3 is 5.32 Å². The van der Waals surface area contributed by atoms with Crippen LogP contribution in [0.15, 0.2) is 54.2 Å². The Labute approximate surface area is 156 Å². The first-order chi connectivity index (χ1) is 11.9. The Kier molecular flexibility index (Phi) is 4.79. The predicted molar refractivity (Wildman–Crippen MR) is 99.3 cm³/mol. The van der Waals surface area contributed by atoms with Gasteiger partial charge in [0.1, 0.15) is 5.70 Å². The Morgan fingerprint density at radius 1 is 1.08 bits per heavy atom. The van der Waals surface area contributed by atoms with Gasteiger partial charge in [-0.15, -0.1) is 0 Å². The molecule has 0 saturated carbocycles. The fraction of sp³-hybridized carbons (Fsp3) is 0.0588. The highest BCUT2D eigenvalue weighted by atomic mass is 127. The molecular formula is C17H12IN3O4. The largest absolute Gasteiger partial charge is 0.329 e. The zero-order chi connectivity index (χ0) is 18.0. The van der Waals surface area contributed by atoms with Gasteiger partial charge >= 0.3 is 6.03 Å². The second-order valence-corrected chi connectivity index (χ2v) is 6.60. The number of halogens is 1. The summed E-state index contributed by atoms with van der Waals surface area (Å²) in [6, 6.07) is 12.7. The van der Waals surface area contributed by atoms with Crippen molar-refractivity contribution in [1.82, 2.24) is 10.2 Å². The number of imide groups is 1. The summed E-state index contributed by atoms with van der Waals surface area (Å²) in [7, 11) is 0. The van der Waals surface area contributed by atoms with Crippen molar-refractivity contribution in [3.8, 4) is 0 Å². The van der Waals surface area contributed by atoms with E-state index in [-0.39, 0.29) is 17.9 Å². The number of hydrogen-bond acceptors (Lipinski definition) is 4. The maximum absolute atomic E-state index is 12.4. The molecule has 0 radical (unpaired) electrons. The molecule has 1 saturated heterocycles. The molecule has 0 aliphatic carbocycles. The molecule has 1 aliphatic rings. The zero-order valence-corrected chi connectivity index (χ0v) is 15.0. The summed E-state index contributed by atoms with van der Waals surface area (Å²) >= 11 is 2.18. The van der Waals surface area contributed by atoms with Crippen molar-refractivity contribution in [1.29, 1.82) is 0 Å². The summed E-state index contributed by atoms with van der Waals surface area (Å²) in [6.45, 7) is 0.0483.